The number of nitrogens with zero attached hydrogens (tertiary/aromatic N) is 6. The number of rotatable bonds is 6. The molecule has 12 heteroatoms. The first-order valence-electron chi connectivity index (χ1n) is 13.1. The molecule has 0 saturated carbocycles. The smallest absolute Gasteiger partial charge is 0.410 e. The van der Waals surface area contributed by atoms with Gasteiger partial charge in [0.1, 0.15) is 23.9 Å². The van der Waals surface area contributed by atoms with Gasteiger partial charge in [0, 0.05) is 43.8 Å². The van der Waals surface area contributed by atoms with Crippen molar-refractivity contribution in [3.63, 3.8) is 0 Å². The maximum Gasteiger partial charge on any atom is 0.410 e. The molecule has 0 aliphatic carbocycles. The second-order valence-corrected chi connectivity index (χ2v) is 9.67. The Morgan fingerprint density at radius 3 is 2.90 bits per heavy atom. The van der Waals surface area contributed by atoms with Crippen molar-refractivity contribution >= 4 is 23.4 Å². The van der Waals surface area contributed by atoms with Crippen LogP contribution in [0.3, 0.4) is 0 Å². The normalized spacial score (nSPS) is 15.9. The molecule has 2 amide bonds. The first-order valence-corrected chi connectivity index (χ1v) is 13.1. The zero-order valence-electron chi connectivity index (χ0n) is 22.5. The molecule has 2 fully saturated rings. The minimum atomic E-state index is -0.578. The van der Waals surface area contributed by atoms with Crippen LogP contribution in [0.2, 0.25) is 0 Å². The number of ether oxygens (including phenoxy) is 2. The van der Waals surface area contributed by atoms with Crippen LogP contribution >= 0.6 is 0 Å². The third-order valence-electron chi connectivity index (χ3n) is 7.26. The zero-order chi connectivity index (χ0) is 29.2. The minimum absolute atomic E-state index is 0.0100. The van der Waals surface area contributed by atoms with Crippen LogP contribution in [-0.2, 0) is 4.74 Å². The van der Waals surface area contributed by atoms with Gasteiger partial charge >= 0.3 is 6.09 Å². The van der Waals surface area contributed by atoms with Crippen molar-refractivity contribution in [2.45, 2.75) is 6.04 Å². The number of hydrogen-bond donors (Lipinski definition) is 1. The van der Waals surface area contributed by atoms with Gasteiger partial charge in [0.2, 0.25) is 0 Å². The van der Waals surface area contributed by atoms with E-state index in [9.17, 15) is 19.2 Å². The molecule has 2 aliphatic heterocycles. The van der Waals surface area contributed by atoms with E-state index < -0.39 is 11.7 Å². The molecule has 1 N–H and O–H groups in total. The summed E-state index contributed by atoms with van der Waals surface area (Å²) in [5.74, 6) is -0.854. The molecule has 2 aromatic heterocycles. The van der Waals surface area contributed by atoms with Crippen LogP contribution in [0, 0.1) is 17.1 Å². The standard InChI is InChI=1S/C30H24FN7O4/c1-41-26-4-2-3-22(31)27(26)28-34-10-8-24(35-28)29(39)36-23-6-5-18(21-15-33-9-7-19(21)14-32)13-25(23)37-11-12-38-20(16-37)17-42-30(38)40/h2-10,13,15,20H,11-12,16-17H2,1H3,(H,36,39)/t20-/m1/s1. The molecule has 6 rings (SSSR count). The Balaban J connectivity index is 1.35. The number of methoxy groups -OCH3 is 1. The van der Waals surface area contributed by atoms with Crippen LogP contribution in [0.1, 0.15) is 16.1 Å². The van der Waals surface area contributed by atoms with E-state index in [0.717, 1.165) is 5.56 Å². The van der Waals surface area contributed by atoms with Crippen molar-refractivity contribution in [3.8, 4) is 34.3 Å². The highest BCUT2D eigenvalue weighted by Gasteiger charge is 2.38. The third-order valence-corrected chi connectivity index (χ3v) is 7.26. The summed E-state index contributed by atoms with van der Waals surface area (Å²) in [6.07, 6.45) is 4.23. The number of nitrogens with one attached hydrogen (secondary N) is 1. The first kappa shape index (κ1) is 26.6. The lowest BCUT2D eigenvalue weighted by Gasteiger charge is -2.37. The largest absolute Gasteiger partial charge is 0.496 e. The van der Waals surface area contributed by atoms with Crippen LogP contribution in [-0.4, -0.2) is 71.2 Å². The number of halogens is 1. The summed E-state index contributed by atoms with van der Waals surface area (Å²) in [5, 5.41) is 12.6. The molecule has 11 nitrogen and oxygen atoms in total. The summed E-state index contributed by atoms with van der Waals surface area (Å²) in [6, 6.07) is 14.9. The van der Waals surface area contributed by atoms with E-state index in [-0.39, 0.29) is 41.6 Å². The number of fused-ring (bicyclic) bond motifs is 1. The van der Waals surface area contributed by atoms with E-state index in [1.165, 1.54) is 31.5 Å². The number of carbonyl (C=O) groups excluding carboxylic acids is 2. The fourth-order valence-corrected chi connectivity index (χ4v) is 5.18. The minimum Gasteiger partial charge on any atom is -0.496 e. The molecule has 4 heterocycles. The van der Waals surface area contributed by atoms with Gasteiger partial charge in [0.25, 0.3) is 5.91 Å². The molecule has 0 radical (unpaired) electrons. The van der Waals surface area contributed by atoms with Crippen molar-refractivity contribution in [1.29, 1.82) is 5.26 Å². The molecule has 2 aromatic carbocycles. The van der Waals surface area contributed by atoms with Crippen molar-refractivity contribution in [1.82, 2.24) is 19.9 Å². The second-order valence-electron chi connectivity index (χ2n) is 9.67. The molecule has 4 aromatic rings. The van der Waals surface area contributed by atoms with Gasteiger partial charge in [0.05, 0.1) is 41.7 Å². The van der Waals surface area contributed by atoms with Crippen molar-refractivity contribution in [2.75, 3.05) is 43.6 Å². The van der Waals surface area contributed by atoms with E-state index in [2.05, 4.69) is 31.2 Å². The predicted octanol–water partition coefficient (Wildman–Crippen LogP) is 4.12. The Morgan fingerprint density at radius 1 is 1.19 bits per heavy atom. The summed E-state index contributed by atoms with van der Waals surface area (Å²) in [6.45, 7) is 1.72. The average molecular weight is 566 g/mol. The molecular weight excluding hydrogens is 541 g/mol. The highest BCUT2D eigenvalue weighted by atomic mass is 19.1. The Labute approximate surface area is 240 Å². The van der Waals surface area contributed by atoms with Gasteiger partial charge in [-0.05, 0) is 42.0 Å². The van der Waals surface area contributed by atoms with E-state index in [4.69, 9.17) is 9.47 Å². The Bertz CT molecular complexity index is 1740. The van der Waals surface area contributed by atoms with E-state index in [0.29, 0.717) is 42.1 Å². The topological polar surface area (TPSA) is 134 Å². The fourth-order valence-electron chi connectivity index (χ4n) is 5.18. The number of piperazine rings is 1. The van der Waals surface area contributed by atoms with Gasteiger partial charge < -0.3 is 19.7 Å². The summed E-state index contributed by atoms with van der Waals surface area (Å²) >= 11 is 0. The number of pyridine rings is 1. The maximum absolute atomic E-state index is 14.7. The monoisotopic (exact) mass is 565 g/mol. The van der Waals surface area contributed by atoms with Crippen LogP contribution in [0.4, 0.5) is 20.6 Å². The number of carbonyl (C=O) groups is 2. The second kappa shape index (κ2) is 11.1. The average Bonchev–Trinajstić information content (AvgIpc) is 3.40. The highest BCUT2D eigenvalue weighted by Crippen LogP contribution is 2.35. The van der Waals surface area contributed by atoms with Gasteiger partial charge in [-0.15, -0.1) is 0 Å². The number of hydrogen-bond acceptors (Lipinski definition) is 9. The molecule has 2 saturated heterocycles. The third kappa shape index (κ3) is 4.92. The van der Waals surface area contributed by atoms with Gasteiger partial charge in [-0.3, -0.25) is 14.7 Å². The van der Waals surface area contributed by atoms with Gasteiger partial charge in [0.15, 0.2) is 5.82 Å². The van der Waals surface area contributed by atoms with E-state index >= 15 is 0 Å². The van der Waals surface area contributed by atoms with Crippen molar-refractivity contribution < 1.29 is 23.5 Å². The van der Waals surface area contributed by atoms with Crippen LogP contribution in [0.25, 0.3) is 22.5 Å². The first-order chi connectivity index (χ1) is 20.5. The molecule has 0 bridgehead atoms. The number of cyclic esters (lactones) is 1. The summed E-state index contributed by atoms with van der Waals surface area (Å²) in [5.41, 5.74) is 3.12. The van der Waals surface area contributed by atoms with Gasteiger partial charge in [-0.25, -0.2) is 19.2 Å². The van der Waals surface area contributed by atoms with E-state index in [1.807, 2.05) is 6.07 Å². The highest BCUT2D eigenvalue weighted by molar-refractivity contribution is 6.05. The number of aromatic nitrogens is 3. The number of amides is 2. The summed E-state index contributed by atoms with van der Waals surface area (Å²) in [7, 11) is 1.42. The number of nitriles is 1. The molecule has 42 heavy (non-hydrogen) atoms. The van der Waals surface area contributed by atoms with Crippen molar-refractivity contribution in [3.05, 3.63) is 84.2 Å². The van der Waals surface area contributed by atoms with Crippen LogP contribution < -0.4 is 15.0 Å². The lowest BCUT2D eigenvalue weighted by Crippen LogP contribution is -2.52. The lowest BCUT2D eigenvalue weighted by atomic mass is 10.0. The zero-order valence-corrected chi connectivity index (χ0v) is 22.5. The Kier molecular flexibility index (Phi) is 7.06. The van der Waals surface area contributed by atoms with Crippen LogP contribution in [0.5, 0.6) is 5.75 Å². The molecule has 0 spiro atoms. The quantitative estimate of drug-likeness (QED) is 0.366. The molecule has 2 aliphatic rings. The number of benzene rings is 2. The van der Waals surface area contributed by atoms with Gasteiger partial charge in [-0.1, -0.05) is 12.1 Å². The summed E-state index contributed by atoms with van der Waals surface area (Å²) < 4.78 is 25.2. The molecule has 210 valence electrons. The van der Waals surface area contributed by atoms with Gasteiger partial charge in [-0.2, -0.15) is 5.26 Å². The summed E-state index contributed by atoms with van der Waals surface area (Å²) in [4.78, 5) is 42.0. The fraction of sp³-hybridized carbons (Fsp3) is 0.200. The SMILES string of the molecule is COc1cccc(F)c1-c1nccc(C(=O)Nc2ccc(-c3cnccc3C#N)cc2N2CCN3C(=O)OC[C@H]3C2)n1. The number of anilines is 2. The van der Waals surface area contributed by atoms with Crippen molar-refractivity contribution in [2.24, 2.45) is 0 Å². The lowest BCUT2D eigenvalue weighted by molar-refractivity contribution is 0.102. The maximum atomic E-state index is 14.7. The Hall–Kier alpha value is -5.57. The molecule has 1 atom stereocenters. The molecule has 0 unspecified atom stereocenters. The molecular formula is C30H24FN7O4. The Morgan fingerprint density at radius 2 is 2.07 bits per heavy atom. The van der Waals surface area contributed by atoms with Crippen LogP contribution in [0.15, 0.2) is 67.1 Å². The predicted molar refractivity (Wildman–Crippen MR) is 150 cm³/mol. The van der Waals surface area contributed by atoms with E-state index in [1.54, 1.807) is 41.6 Å².